The van der Waals surface area contributed by atoms with Gasteiger partial charge in [-0.1, -0.05) is 27.2 Å². The minimum Gasteiger partial charge on any atom is -0.368 e. The van der Waals surface area contributed by atoms with E-state index < -0.39 is 0 Å². The van der Waals surface area contributed by atoms with Crippen LogP contribution in [-0.2, 0) is 4.79 Å². The Morgan fingerprint density at radius 2 is 1.93 bits per heavy atom. The summed E-state index contributed by atoms with van der Waals surface area (Å²) in [6.45, 7) is 7.38. The average molecular weight is 200 g/mol. The number of nitrogens with zero attached hydrogens (tertiary/aromatic N) is 1. The third-order valence-electron chi connectivity index (χ3n) is 2.92. The van der Waals surface area contributed by atoms with Crippen molar-refractivity contribution in [2.45, 2.75) is 46.1 Å². The van der Waals surface area contributed by atoms with Crippen molar-refractivity contribution < 1.29 is 4.79 Å². The Bertz CT molecular complexity index is 171. The lowest BCUT2D eigenvalue weighted by molar-refractivity contribution is -0.122. The van der Waals surface area contributed by atoms with Crippen molar-refractivity contribution in [2.24, 2.45) is 11.7 Å². The molecule has 2 unspecified atom stereocenters. The lowest BCUT2D eigenvalue weighted by Crippen LogP contribution is -2.42. The third kappa shape index (κ3) is 4.61. The summed E-state index contributed by atoms with van der Waals surface area (Å²) in [6, 6.07) is -0.0981. The van der Waals surface area contributed by atoms with Gasteiger partial charge in [-0.25, -0.2) is 0 Å². The van der Waals surface area contributed by atoms with Crippen molar-refractivity contribution in [2.75, 3.05) is 13.6 Å². The van der Waals surface area contributed by atoms with Crippen molar-refractivity contribution in [1.29, 1.82) is 0 Å². The molecule has 14 heavy (non-hydrogen) atoms. The van der Waals surface area contributed by atoms with E-state index in [0.717, 1.165) is 25.3 Å². The lowest BCUT2D eigenvalue weighted by Gasteiger charge is -2.25. The van der Waals surface area contributed by atoms with Gasteiger partial charge in [-0.2, -0.15) is 0 Å². The Morgan fingerprint density at radius 3 is 2.29 bits per heavy atom. The molecule has 0 aliphatic heterocycles. The summed E-state index contributed by atoms with van der Waals surface area (Å²) < 4.78 is 0. The van der Waals surface area contributed by atoms with E-state index in [9.17, 15) is 4.79 Å². The highest BCUT2D eigenvalue weighted by atomic mass is 16.1. The van der Waals surface area contributed by atoms with Crippen LogP contribution in [0.1, 0.15) is 40.0 Å². The van der Waals surface area contributed by atoms with Gasteiger partial charge in [-0.3, -0.25) is 9.69 Å². The Kier molecular flexibility index (Phi) is 6.54. The van der Waals surface area contributed by atoms with Crippen LogP contribution in [0, 0.1) is 5.92 Å². The fourth-order valence-corrected chi connectivity index (χ4v) is 1.51. The molecule has 0 bridgehead atoms. The topological polar surface area (TPSA) is 46.3 Å². The Labute approximate surface area is 87.6 Å². The number of likely N-dealkylation sites (N-methyl/N-ethyl adjacent to an activating group) is 1. The van der Waals surface area contributed by atoms with Gasteiger partial charge in [-0.05, 0) is 32.4 Å². The largest absolute Gasteiger partial charge is 0.368 e. The number of carbonyl (C=O) groups is 1. The highest BCUT2D eigenvalue weighted by molar-refractivity contribution is 5.79. The predicted octanol–water partition coefficient (Wildman–Crippen LogP) is 1.62. The molecule has 1 amide bonds. The van der Waals surface area contributed by atoms with E-state index in [1.807, 2.05) is 14.0 Å². The monoisotopic (exact) mass is 200 g/mol. The molecule has 0 radical (unpaired) electrons. The van der Waals surface area contributed by atoms with Gasteiger partial charge in [-0.15, -0.1) is 0 Å². The number of amides is 1. The first-order valence-electron chi connectivity index (χ1n) is 5.52. The summed E-state index contributed by atoms with van der Waals surface area (Å²) in [6.07, 6.45) is 3.13. The Balaban J connectivity index is 3.92. The zero-order valence-corrected chi connectivity index (χ0v) is 9.92. The summed E-state index contributed by atoms with van der Waals surface area (Å²) >= 11 is 0. The predicted molar refractivity (Wildman–Crippen MR) is 60.0 cm³/mol. The van der Waals surface area contributed by atoms with E-state index in [0.29, 0.717) is 0 Å². The first-order chi connectivity index (χ1) is 6.52. The fraction of sp³-hybridized carbons (Fsp3) is 0.909. The van der Waals surface area contributed by atoms with E-state index in [4.69, 9.17) is 5.73 Å². The molecule has 0 saturated carbocycles. The number of primary amides is 1. The van der Waals surface area contributed by atoms with Crippen molar-refractivity contribution in [3.05, 3.63) is 0 Å². The summed E-state index contributed by atoms with van der Waals surface area (Å²) in [5.74, 6) is 0.516. The van der Waals surface area contributed by atoms with Crippen LogP contribution in [0.15, 0.2) is 0 Å². The van der Waals surface area contributed by atoms with Gasteiger partial charge in [0.05, 0.1) is 6.04 Å². The number of rotatable bonds is 7. The minimum atomic E-state index is -0.209. The summed E-state index contributed by atoms with van der Waals surface area (Å²) in [7, 11) is 1.97. The maximum Gasteiger partial charge on any atom is 0.234 e. The highest BCUT2D eigenvalue weighted by Gasteiger charge is 2.18. The van der Waals surface area contributed by atoms with Gasteiger partial charge in [0.1, 0.15) is 0 Å². The molecule has 84 valence electrons. The molecule has 0 aromatic rings. The van der Waals surface area contributed by atoms with E-state index in [2.05, 4.69) is 18.7 Å². The standard InChI is InChI=1S/C11H24N2O/c1-5-9(3)7-8-13(4)10(6-2)11(12)14/h9-10H,5-8H2,1-4H3,(H2,12,14). The molecule has 0 aromatic carbocycles. The molecule has 0 saturated heterocycles. The first kappa shape index (κ1) is 13.4. The lowest BCUT2D eigenvalue weighted by atomic mass is 10.0. The van der Waals surface area contributed by atoms with Crippen LogP contribution >= 0.6 is 0 Å². The molecule has 0 aromatic heterocycles. The van der Waals surface area contributed by atoms with Crippen molar-refractivity contribution in [3.8, 4) is 0 Å². The second-order valence-electron chi connectivity index (χ2n) is 4.11. The van der Waals surface area contributed by atoms with E-state index in [-0.39, 0.29) is 11.9 Å². The van der Waals surface area contributed by atoms with Crippen LogP contribution in [0.25, 0.3) is 0 Å². The zero-order chi connectivity index (χ0) is 11.1. The molecule has 3 nitrogen and oxygen atoms in total. The fourth-order valence-electron chi connectivity index (χ4n) is 1.51. The quantitative estimate of drug-likeness (QED) is 0.679. The van der Waals surface area contributed by atoms with Gasteiger partial charge >= 0.3 is 0 Å². The van der Waals surface area contributed by atoms with Gasteiger partial charge in [0.2, 0.25) is 5.91 Å². The number of hydrogen-bond acceptors (Lipinski definition) is 2. The molecule has 0 aliphatic rings. The minimum absolute atomic E-state index is 0.0981. The summed E-state index contributed by atoms with van der Waals surface area (Å²) in [4.78, 5) is 13.1. The average Bonchev–Trinajstić information content (AvgIpc) is 2.14. The van der Waals surface area contributed by atoms with E-state index >= 15 is 0 Å². The van der Waals surface area contributed by atoms with Crippen LogP contribution in [0.4, 0.5) is 0 Å². The summed E-state index contributed by atoms with van der Waals surface area (Å²) in [5, 5.41) is 0. The molecular weight excluding hydrogens is 176 g/mol. The molecule has 0 aliphatic carbocycles. The molecule has 0 heterocycles. The zero-order valence-electron chi connectivity index (χ0n) is 9.92. The van der Waals surface area contributed by atoms with Gasteiger partial charge in [0, 0.05) is 0 Å². The number of carbonyl (C=O) groups excluding carboxylic acids is 1. The van der Waals surface area contributed by atoms with E-state index in [1.165, 1.54) is 6.42 Å². The van der Waals surface area contributed by atoms with Crippen LogP contribution in [-0.4, -0.2) is 30.4 Å². The maximum absolute atomic E-state index is 11.1. The molecule has 0 rings (SSSR count). The summed E-state index contributed by atoms with van der Waals surface area (Å²) in [5.41, 5.74) is 5.31. The van der Waals surface area contributed by atoms with Crippen LogP contribution in [0.2, 0.25) is 0 Å². The van der Waals surface area contributed by atoms with Crippen molar-refractivity contribution in [3.63, 3.8) is 0 Å². The van der Waals surface area contributed by atoms with Gasteiger partial charge in [0.15, 0.2) is 0 Å². The van der Waals surface area contributed by atoms with Crippen LogP contribution in [0.5, 0.6) is 0 Å². The van der Waals surface area contributed by atoms with Crippen molar-refractivity contribution in [1.82, 2.24) is 4.90 Å². The van der Waals surface area contributed by atoms with Crippen LogP contribution in [0.3, 0.4) is 0 Å². The highest BCUT2D eigenvalue weighted by Crippen LogP contribution is 2.09. The molecule has 3 heteroatoms. The van der Waals surface area contributed by atoms with Gasteiger partial charge in [0.25, 0.3) is 0 Å². The molecule has 0 spiro atoms. The first-order valence-corrected chi connectivity index (χ1v) is 5.52. The normalized spacial score (nSPS) is 15.5. The van der Waals surface area contributed by atoms with Gasteiger partial charge < -0.3 is 5.73 Å². The Morgan fingerprint density at radius 1 is 1.36 bits per heavy atom. The smallest absolute Gasteiger partial charge is 0.234 e. The molecule has 2 atom stereocenters. The third-order valence-corrected chi connectivity index (χ3v) is 2.92. The van der Waals surface area contributed by atoms with Crippen molar-refractivity contribution >= 4 is 5.91 Å². The SMILES string of the molecule is CCC(C)CCN(C)C(CC)C(N)=O. The molecule has 0 fully saturated rings. The molecule has 2 N–H and O–H groups in total. The second kappa shape index (κ2) is 6.82. The number of hydrogen-bond donors (Lipinski definition) is 1. The maximum atomic E-state index is 11.1. The number of nitrogens with two attached hydrogens (primary N) is 1. The van der Waals surface area contributed by atoms with Crippen LogP contribution < -0.4 is 5.73 Å². The Hall–Kier alpha value is -0.570. The molecular formula is C11H24N2O. The second-order valence-corrected chi connectivity index (χ2v) is 4.11. The van der Waals surface area contributed by atoms with E-state index in [1.54, 1.807) is 0 Å².